The lowest BCUT2D eigenvalue weighted by Gasteiger charge is -2.06. The molecular formula is C10H9IO2S. The average Bonchev–Trinajstić information content (AvgIpc) is 2.63. The maximum Gasteiger partial charge on any atom is 0.138 e. The van der Waals surface area contributed by atoms with Gasteiger partial charge in [0.1, 0.15) is 11.5 Å². The van der Waals surface area contributed by atoms with E-state index in [4.69, 9.17) is 4.74 Å². The molecule has 0 fully saturated rings. The van der Waals surface area contributed by atoms with Crippen molar-refractivity contribution in [1.82, 2.24) is 0 Å². The number of hydrogen-bond donors (Lipinski definition) is 1. The van der Waals surface area contributed by atoms with Crippen molar-refractivity contribution in [2.45, 2.75) is 6.92 Å². The van der Waals surface area contributed by atoms with E-state index in [-0.39, 0.29) is 0 Å². The van der Waals surface area contributed by atoms with Crippen LogP contribution in [-0.2, 0) is 0 Å². The number of halogens is 1. The van der Waals surface area contributed by atoms with Gasteiger partial charge in [0, 0.05) is 5.39 Å². The first-order chi connectivity index (χ1) is 6.74. The van der Waals surface area contributed by atoms with Gasteiger partial charge in [-0.15, -0.1) is 11.3 Å². The Bertz CT molecular complexity index is 464. The number of phenols is 1. The first-order valence-corrected chi connectivity index (χ1v) is 6.21. The van der Waals surface area contributed by atoms with Gasteiger partial charge in [-0.25, -0.2) is 0 Å². The molecule has 0 amide bonds. The third kappa shape index (κ3) is 1.56. The van der Waals surface area contributed by atoms with Gasteiger partial charge in [-0.05, 0) is 47.0 Å². The first-order valence-electron chi connectivity index (χ1n) is 4.25. The van der Waals surface area contributed by atoms with Crippen molar-refractivity contribution in [1.29, 1.82) is 0 Å². The number of hydrogen-bond acceptors (Lipinski definition) is 3. The zero-order valence-electron chi connectivity index (χ0n) is 7.58. The van der Waals surface area contributed by atoms with Gasteiger partial charge in [0.25, 0.3) is 0 Å². The fourth-order valence-corrected chi connectivity index (χ4v) is 2.77. The predicted octanol–water partition coefficient (Wildman–Crippen LogP) is 3.61. The van der Waals surface area contributed by atoms with Gasteiger partial charge in [-0.3, -0.25) is 0 Å². The van der Waals surface area contributed by atoms with Crippen LogP contribution in [0, 0.1) is 3.57 Å². The van der Waals surface area contributed by atoms with E-state index in [0.717, 1.165) is 19.4 Å². The number of aromatic hydroxyl groups is 1. The van der Waals surface area contributed by atoms with Crippen molar-refractivity contribution in [3.63, 3.8) is 0 Å². The Balaban J connectivity index is 2.71. The van der Waals surface area contributed by atoms with Gasteiger partial charge < -0.3 is 9.84 Å². The highest BCUT2D eigenvalue weighted by Crippen LogP contribution is 2.39. The summed E-state index contributed by atoms with van der Waals surface area (Å²) < 4.78 is 7.36. The smallest absolute Gasteiger partial charge is 0.138 e. The number of rotatable bonds is 2. The summed E-state index contributed by atoms with van der Waals surface area (Å²) in [5, 5.41) is 12.6. The number of thiophene rings is 1. The van der Waals surface area contributed by atoms with Crippen molar-refractivity contribution < 1.29 is 9.84 Å². The quantitative estimate of drug-likeness (QED) is 0.857. The lowest BCUT2D eigenvalue weighted by molar-refractivity contribution is 0.344. The molecule has 1 aromatic heterocycles. The van der Waals surface area contributed by atoms with Crippen molar-refractivity contribution in [2.75, 3.05) is 6.61 Å². The van der Waals surface area contributed by atoms with Crippen LogP contribution in [0.3, 0.4) is 0 Å². The van der Waals surface area contributed by atoms with Crippen molar-refractivity contribution in [3.05, 3.63) is 21.1 Å². The Morgan fingerprint density at radius 3 is 3.07 bits per heavy atom. The van der Waals surface area contributed by atoms with Crippen LogP contribution in [0.4, 0.5) is 0 Å². The SMILES string of the molecule is CCOc1cc(I)c(O)c2ccsc12. The van der Waals surface area contributed by atoms with Crippen LogP contribution in [0.15, 0.2) is 17.5 Å². The van der Waals surface area contributed by atoms with E-state index in [2.05, 4.69) is 22.6 Å². The predicted molar refractivity (Wildman–Crippen MR) is 67.4 cm³/mol. The summed E-state index contributed by atoms with van der Waals surface area (Å²) in [5.74, 6) is 1.21. The largest absolute Gasteiger partial charge is 0.506 e. The normalized spacial score (nSPS) is 10.7. The molecule has 2 aromatic rings. The number of ether oxygens (including phenoxy) is 1. The maximum absolute atomic E-state index is 9.78. The number of benzene rings is 1. The second-order valence-corrected chi connectivity index (χ2v) is 4.88. The summed E-state index contributed by atoms with van der Waals surface area (Å²) >= 11 is 3.70. The highest BCUT2D eigenvalue weighted by Gasteiger charge is 2.11. The van der Waals surface area contributed by atoms with Gasteiger partial charge in [0.2, 0.25) is 0 Å². The molecule has 1 N–H and O–H groups in total. The van der Waals surface area contributed by atoms with Crippen LogP contribution in [0.25, 0.3) is 10.1 Å². The summed E-state index contributed by atoms with van der Waals surface area (Å²) in [6.07, 6.45) is 0. The van der Waals surface area contributed by atoms with Crippen molar-refractivity contribution in [3.8, 4) is 11.5 Å². The summed E-state index contributed by atoms with van der Waals surface area (Å²) in [6, 6.07) is 3.79. The van der Waals surface area contributed by atoms with E-state index in [1.54, 1.807) is 11.3 Å². The molecular weight excluding hydrogens is 311 g/mol. The highest BCUT2D eigenvalue weighted by atomic mass is 127. The lowest BCUT2D eigenvalue weighted by Crippen LogP contribution is -1.92. The minimum Gasteiger partial charge on any atom is -0.506 e. The molecule has 0 atom stereocenters. The van der Waals surface area contributed by atoms with Crippen LogP contribution in [0.1, 0.15) is 6.92 Å². The second-order valence-electron chi connectivity index (χ2n) is 2.80. The van der Waals surface area contributed by atoms with Crippen LogP contribution >= 0.6 is 33.9 Å². The Kier molecular flexibility index (Phi) is 2.83. The molecule has 0 aliphatic rings. The summed E-state index contributed by atoms with van der Waals surface area (Å²) in [6.45, 7) is 2.60. The van der Waals surface area contributed by atoms with Gasteiger partial charge >= 0.3 is 0 Å². The van der Waals surface area contributed by atoms with Crippen LogP contribution < -0.4 is 4.74 Å². The molecule has 14 heavy (non-hydrogen) atoms. The van der Waals surface area contributed by atoms with Crippen LogP contribution in [0.2, 0.25) is 0 Å². The Hall–Kier alpha value is -0.490. The highest BCUT2D eigenvalue weighted by molar-refractivity contribution is 14.1. The Morgan fingerprint density at radius 2 is 2.36 bits per heavy atom. The molecule has 1 heterocycles. The molecule has 2 rings (SSSR count). The molecule has 0 saturated carbocycles. The summed E-state index contributed by atoms with van der Waals surface area (Å²) in [4.78, 5) is 0. The molecule has 2 nitrogen and oxygen atoms in total. The van der Waals surface area contributed by atoms with Crippen LogP contribution in [0.5, 0.6) is 11.5 Å². The van der Waals surface area contributed by atoms with E-state index in [1.807, 2.05) is 24.4 Å². The van der Waals surface area contributed by atoms with E-state index < -0.39 is 0 Å². The maximum atomic E-state index is 9.78. The monoisotopic (exact) mass is 320 g/mol. The molecule has 0 aliphatic heterocycles. The fourth-order valence-electron chi connectivity index (χ4n) is 1.33. The summed E-state index contributed by atoms with van der Waals surface area (Å²) in [5.41, 5.74) is 0. The molecule has 0 spiro atoms. The second kappa shape index (κ2) is 3.94. The van der Waals surface area contributed by atoms with E-state index in [1.165, 1.54) is 0 Å². The van der Waals surface area contributed by atoms with Crippen LogP contribution in [-0.4, -0.2) is 11.7 Å². The standard InChI is InChI=1S/C10H9IO2S/c1-2-13-8-5-7(11)9(12)6-3-4-14-10(6)8/h3-5,12H,2H2,1H3. The topological polar surface area (TPSA) is 29.5 Å². The van der Waals surface area contributed by atoms with Gasteiger partial charge in [-0.1, -0.05) is 0 Å². The van der Waals surface area contributed by atoms with Gasteiger partial charge in [-0.2, -0.15) is 0 Å². The Morgan fingerprint density at radius 1 is 1.57 bits per heavy atom. The van der Waals surface area contributed by atoms with Crippen molar-refractivity contribution in [2.24, 2.45) is 0 Å². The number of fused-ring (bicyclic) bond motifs is 1. The molecule has 0 aliphatic carbocycles. The zero-order valence-corrected chi connectivity index (χ0v) is 10.6. The first kappa shape index (κ1) is 10.0. The van der Waals surface area contributed by atoms with E-state index in [0.29, 0.717) is 12.4 Å². The third-order valence-electron chi connectivity index (χ3n) is 1.93. The molecule has 1 aromatic carbocycles. The minimum atomic E-state index is 0.352. The third-order valence-corrected chi connectivity index (χ3v) is 3.68. The van der Waals surface area contributed by atoms with Gasteiger partial charge in [0.05, 0.1) is 14.9 Å². The molecule has 0 radical (unpaired) electrons. The molecule has 0 saturated heterocycles. The fraction of sp³-hybridized carbons (Fsp3) is 0.200. The zero-order chi connectivity index (χ0) is 10.1. The Labute approximate surface area is 99.7 Å². The lowest BCUT2D eigenvalue weighted by atomic mass is 10.2. The van der Waals surface area contributed by atoms with E-state index in [9.17, 15) is 5.11 Å². The average molecular weight is 320 g/mol. The van der Waals surface area contributed by atoms with Crippen molar-refractivity contribution >= 4 is 44.0 Å². The molecule has 4 heteroatoms. The minimum absolute atomic E-state index is 0.352. The number of phenolic OH excluding ortho intramolecular Hbond substituents is 1. The molecule has 0 bridgehead atoms. The van der Waals surface area contributed by atoms with E-state index >= 15 is 0 Å². The molecule has 0 unspecified atom stereocenters. The summed E-state index contributed by atoms with van der Waals surface area (Å²) in [7, 11) is 0. The van der Waals surface area contributed by atoms with Gasteiger partial charge in [0.15, 0.2) is 0 Å². The molecule has 74 valence electrons.